The van der Waals surface area contributed by atoms with Gasteiger partial charge in [0.2, 0.25) is 5.75 Å². The van der Waals surface area contributed by atoms with Crippen molar-refractivity contribution in [2.24, 2.45) is 0 Å². The lowest BCUT2D eigenvalue weighted by molar-refractivity contribution is 0.0901. The average molecular weight is 185 g/mol. The molecular weight excluding hydrogens is 178 g/mol. The average Bonchev–Trinajstić information content (AvgIpc) is 2.10. The van der Waals surface area contributed by atoms with E-state index >= 15 is 0 Å². The predicted molar refractivity (Wildman–Crippen MR) is 41.1 cm³/mol. The molecule has 0 saturated carbocycles. The van der Waals surface area contributed by atoms with Crippen LogP contribution in [0.25, 0.3) is 0 Å². The van der Waals surface area contributed by atoms with Crippen molar-refractivity contribution in [3.8, 4) is 5.75 Å². The number of H-pyrrole nitrogens is 1. The topological polar surface area (TPSA) is 115 Å². The van der Waals surface area contributed by atoms with Gasteiger partial charge in [0.15, 0.2) is 5.69 Å². The Morgan fingerprint density at radius 2 is 2.38 bits per heavy atom. The van der Waals surface area contributed by atoms with Gasteiger partial charge in [-0.15, -0.1) is 0 Å². The number of amides is 1. The number of aliphatic hydroxyl groups excluding tert-OH is 1. The molecule has 0 unspecified atom stereocenters. The highest BCUT2D eigenvalue weighted by Gasteiger charge is 2.14. The van der Waals surface area contributed by atoms with Crippen molar-refractivity contribution in [3.05, 3.63) is 22.4 Å². The van der Waals surface area contributed by atoms with Crippen LogP contribution in [-0.2, 0) is 0 Å². The molecule has 0 radical (unpaired) electrons. The summed E-state index contributed by atoms with van der Waals surface area (Å²) in [5.74, 6) is -1.58. The van der Waals surface area contributed by atoms with Gasteiger partial charge in [-0.05, 0) is 0 Å². The van der Waals surface area contributed by atoms with Gasteiger partial charge < -0.3 is 20.5 Å². The molecule has 7 heteroatoms. The zero-order chi connectivity index (χ0) is 9.84. The predicted octanol–water partition coefficient (Wildman–Crippen LogP) is -1.84. The molecule has 1 heterocycles. The van der Waals surface area contributed by atoms with Crippen molar-refractivity contribution < 1.29 is 15.0 Å². The Morgan fingerprint density at radius 3 is 3.00 bits per heavy atom. The second-order valence-corrected chi connectivity index (χ2v) is 2.09. The van der Waals surface area contributed by atoms with Crippen molar-refractivity contribution in [1.29, 1.82) is 0 Å². The van der Waals surface area contributed by atoms with Crippen LogP contribution in [0.15, 0.2) is 11.1 Å². The standard InChI is InChI=1S/C6H7N3O4/c10-2-9-5(12)3-4(11)6(13)8-1-7-3/h1,10-11H,2H2,(H,9,12)(H,7,8,13). The van der Waals surface area contributed by atoms with Gasteiger partial charge in [0.1, 0.15) is 6.73 Å². The molecule has 4 N–H and O–H groups in total. The number of hydrogen-bond acceptors (Lipinski definition) is 5. The van der Waals surface area contributed by atoms with E-state index in [1.165, 1.54) is 0 Å². The summed E-state index contributed by atoms with van der Waals surface area (Å²) >= 11 is 0. The Hall–Kier alpha value is -1.89. The quantitative estimate of drug-likeness (QED) is 0.404. The number of nitrogens with zero attached hydrogens (tertiary/aromatic N) is 1. The van der Waals surface area contributed by atoms with Crippen LogP contribution in [-0.4, -0.2) is 32.8 Å². The van der Waals surface area contributed by atoms with Gasteiger partial charge in [0.25, 0.3) is 11.5 Å². The first-order valence-corrected chi connectivity index (χ1v) is 3.32. The van der Waals surface area contributed by atoms with Crippen LogP contribution in [0.2, 0.25) is 0 Å². The summed E-state index contributed by atoms with van der Waals surface area (Å²) in [7, 11) is 0. The third kappa shape index (κ3) is 1.82. The van der Waals surface area contributed by atoms with E-state index < -0.39 is 29.6 Å². The molecule has 70 valence electrons. The Morgan fingerprint density at radius 1 is 1.69 bits per heavy atom. The highest BCUT2D eigenvalue weighted by atomic mass is 16.3. The number of aliphatic hydroxyl groups is 1. The highest BCUT2D eigenvalue weighted by molar-refractivity contribution is 5.94. The number of nitrogens with one attached hydrogen (secondary N) is 2. The van der Waals surface area contributed by atoms with Crippen molar-refractivity contribution in [1.82, 2.24) is 15.3 Å². The SMILES string of the molecule is O=C(NCO)c1nc[nH]c(=O)c1O. The maximum Gasteiger partial charge on any atom is 0.293 e. The molecule has 0 atom stereocenters. The first kappa shape index (κ1) is 9.20. The lowest BCUT2D eigenvalue weighted by Crippen LogP contribution is -2.26. The van der Waals surface area contributed by atoms with Gasteiger partial charge in [0.05, 0.1) is 6.33 Å². The van der Waals surface area contributed by atoms with Gasteiger partial charge in [-0.25, -0.2) is 4.98 Å². The Bertz CT molecular complexity index is 372. The van der Waals surface area contributed by atoms with E-state index in [1.54, 1.807) is 0 Å². The molecule has 0 aromatic carbocycles. The van der Waals surface area contributed by atoms with Crippen molar-refractivity contribution in [2.45, 2.75) is 0 Å². The van der Waals surface area contributed by atoms with E-state index in [1.807, 2.05) is 5.32 Å². The zero-order valence-corrected chi connectivity index (χ0v) is 6.44. The molecule has 0 aliphatic rings. The van der Waals surface area contributed by atoms with E-state index in [4.69, 9.17) is 10.2 Å². The third-order valence-electron chi connectivity index (χ3n) is 1.28. The Kier molecular flexibility index (Phi) is 2.60. The molecule has 0 fully saturated rings. The molecule has 0 aliphatic heterocycles. The van der Waals surface area contributed by atoms with Gasteiger partial charge in [-0.2, -0.15) is 0 Å². The molecule has 0 saturated heterocycles. The normalized spacial score (nSPS) is 9.62. The largest absolute Gasteiger partial charge is 0.501 e. The molecule has 0 aliphatic carbocycles. The number of rotatable bonds is 2. The summed E-state index contributed by atoms with van der Waals surface area (Å²) in [5.41, 5.74) is -1.23. The van der Waals surface area contributed by atoms with E-state index in [9.17, 15) is 9.59 Å². The zero-order valence-electron chi connectivity index (χ0n) is 6.44. The summed E-state index contributed by atoms with van der Waals surface area (Å²) in [6.07, 6.45) is 0.980. The van der Waals surface area contributed by atoms with Crippen LogP contribution in [0.1, 0.15) is 10.5 Å². The maximum atomic E-state index is 11.0. The molecular formula is C6H7N3O4. The number of aromatic nitrogens is 2. The number of aromatic hydroxyl groups is 1. The number of carbonyl (C=O) groups excluding carboxylic acids is 1. The summed E-state index contributed by atoms with van der Waals surface area (Å²) < 4.78 is 0. The van der Waals surface area contributed by atoms with Gasteiger partial charge in [0, 0.05) is 0 Å². The minimum Gasteiger partial charge on any atom is -0.501 e. The van der Waals surface area contributed by atoms with Crippen LogP contribution in [0.5, 0.6) is 5.75 Å². The minimum absolute atomic E-state index is 0.419. The van der Waals surface area contributed by atoms with Crippen molar-refractivity contribution in [2.75, 3.05) is 6.73 Å². The fraction of sp³-hybridized carbons (Fsp3) is 0.167. The molecule has 13 heavy (non-hydrogen) atoms. The molecule has 0 bridgehead atoms. The molecule has 1 aromatic heterocycles. The summed E-state index contributed by atoms with van der Waals surface area (Å²) in [4.78, 5) is 27.2. The van der Waals surface area contributed by atoms with Crippen LogP contribution < -0.4 is 10.9 Å². The number of hydrogen-bond donors (Lipinski definition) is 4. The summed E-state index contributed by atoms with van der Waals surface area (Å²) in [6.45, 7) is -0.591. The van der Waals surface area contributed by atoms with Crippen LogP contribution in [0.4, 0.5) is 0 Å². The smallest absolute Gasteiger partial charge is 0.293 e. The summed E-state index contributed by atoms with van der Waals surface area (Å²) in [5, 5.41) is 19.3. The molecule has 1 amide bonds. The van der Waals surface area contributed by atoms with Gasteiger partial charge in [-0.1, -0.05) is 0 Å². The number of aromatic amines is 1. The van der Waals surface area contributed by atoms with Crippen molar-refractivity contribution >= 4 is 5.91 Å². The van der Waals surface area contributed by atoms with E-state index in [0.29, 0.717) is 0 Å². The van der Waals surface area contributed by atoms with Crippen LogP contribution >= 0.6 is 0 Å². The van der Waals surface area contributed by atoms with E-state index in [0.717, 1.165) is 6.33 Å². The first-order valence-electron chi connectivity index (χ1n) is 3.32. The van der Waals surface area contributed by atoms with E-state index in [2.05, 4.69) is 9.97 Å². The highest BCUT2D eigenvalue weighted by Crippen LogP contribution is 2.04. The first-order chi connectivity index (χ1) is 6.16. The van der Waals surface area contributed by atoms with Crippen LogP contribution in [0.3, 0.4) is 0 Å². The third-order valence-corrected chi connectivity index (χ3v) is 1.28. The second kappa shape index (κ2) is 3.68. The molecule has 0 spiro atoms. The fourth-order valence-corrected chi connectivity index (χ4v) is 0.714. The van der Waals surface area contributed by atoms with Gasteiger partial charge >= 0.3 is 0 Å². The summed E-state index contributed by atoms with van der Waals surface area (Å²) in [6, 6.07) is 0. The maximum absolute atomic E-state index is 11.0. The molecule has 1 aromatic rings. The van der Waals surface area contributed by atoms with Crippen molar-refractivity contribution in [3.63, 3.8) is 0 Å². The lowest BCUT2D eigenvalue weighted by Gasteiger charge is -2.00. The fourth-order valence-electron chi connectivity index (χ4n) is 0.714. The lowest BCUT2D eigenvalue weighted by atomic mass is 10.3. The van der Waals surface area contributed by atoms with E-state index in [-0.39, 0.29) is 0 Å². The Labute approximate surface area is 72.1 Å². The van der Waals surface area contributed by atoms with Crippen LogP contribution in [0, 0.1) is 0 Å². The minimum atomic E-state index is -0.814. The molecule has 1 rings (SSSR count). The Balaban J connectivity index is 3.08. The second-order valence-electron chi connectivity index (χ2n) is 2.09. The number of carbonyl (C=O) groups is 1. The van der Waals surface area contributed by atoms with Gasteiger partial charge in [-0.3, -0.25) is 9.59 Å². The molecule has 7 nitrogen and oxygen atoms in total. The monoisotopic (exact) mass is 185 g/mol.